The standard InChI is InChI=1S/C16H13ClFNO/c17-14-4-1-5-15(10-14)20-11-13-7-6-12(3-2-8-19)9-16(13)18/h1,4-7,9-10H,8,11,19H2. The lowest BCUT2D eigenvalue weighted by molar-refractivity contribution is 0.300. The number of ether oxygens (including phenoxy) is 1. The first kappa shape index (κ1) is 14.4. The summed E-state index contributed by atoms with van der Waals surface area (Å²) in [5.74, 6) is 5.71. The van der Waals surface area contributed by atoms with Crippen molar-refractivity contribution >= 4 is 11.6 Å². The van der Waals surface area contributed by atoms with Crippen molar-refractivity contribution in [3.63, 3.8) is 0 Å². The fourth-order valence-electron chi connectivity index (χ4n) is 1.61. The molecule has 0 aliphatic heterocycles. The van der Waals surface area contributed by atoms with Crippen molar-refractivity contribution < 1.29 is 9.13 Å². The third-order valence-electron chi connectivity index (χ3n) is 2.58. The van der Waals surface area contributed by atoms with E-state index in [9.17, 15) is 4.39 Å². The van der Waals surface area contributed by atoms with Gasteiger partial charge in [0.1, 0.15) is 18.2 Å². The van der Waals surface area contributed by atoms with Crippen LogP contribution < -0.4 is 10.5 Å². The Morgan fingerprint density at radius 1 is 1.20 bits per heavy atom. The molecule has 0 heterocycles. The highest BCUT2D eigenvalue weighted by Crippen LogP contribution is 2.19. The van der Waals surface area contributed by atoms with Crippen LogP contribution >= 0.6 is 11.6 Å². The number of hydrogen-bond donors (Lipinski definition) is 1. The highest BCUT2D eigenvalue weighted by atomic mass is 35.5. The third-order valence-corrected chi connectivity index (χ3v) is 2.81. The van der Waals surface area contributed by atoms with Crippen LogP contribution in [-0.2, 0) is 6.61 Å². The average molecular weight is 290 g/mol. The summed E-state index contributed by atoms with van der Waals surface area (Å²) < 4.78 is 19.3. The SMILES string of the molecule is NCC#Cc1ccc(COc2cccc(Cl)c2)c(F)c1. The summed E-state index contributed by atoms with van der Waals surface area (Å²) >= 11 is 5.85. The Kier molecular flexibility index (Phi) is 5.00. The fraction of sp³-hybridized carbons (Fsp3) is 0.125. The molecule has 102 valence electrons. The second-order valence-corrected chi connectivity index (χ2v) is 4.49. The highest BCUT2D eigenvalue weighted by Gasteiger charge is 2.04. The summed E-state index contributed by atoms with van der Waals surface area (Å²) in [6.45, 7) is 0.387. The molecule has 0 aromatic heterocycles. The summed E-state index contributed by atoms with van der Waals surface area (Å²) in [6.07, 6.45) is 0. The van der Waals surface area contributed by atoms with Gasteiger partial charge in [-0.25, -0.2) is 4.39 Å². The summed E-state index contributed by atoms with van der Waals surface area (Å²) in [5, 5.41) is 0.579. The fourth-order valence-corrected chi connectivity index (χ4v) is 1.79. The quantitative estimate of drug-likeness (QED) is 0.879. The monoisotopic (exact) mass is 289 g/mol. The number of halogens is 2. The van der Waals surface area contributed by atoms with Gasteiger partial charge in [-0.15, -0.1) is 0 Å². The van der Waals surface area contributed by atoms with E-state index in [1.54, 1.807) is 36.4 Å². The zero-order valence-corrected chi connectivity index (χ0v) is 11.5. The molecule has 0 saturated carbocycles. The van der Waals surface area contributed by atoms with Crippen molar-refractivity contribution in [2.45, 2.75) is 6.61 Å². The van der Waals surface area contributed by atoms with Gasteiger partial charge in [0.2, 0.25) is 0 Å². The van der Waals surface area contributed by atoms with Gasteiger partial charge in [-0.2, -0.15) is 0 Å². The molecule has 4 heteroatoms. The van der Waals surface area contributed by atoms with E-state index >= 15 is 0 Å². The lowest BCUT2D eigenvalue weighted by atomic mass is 10.1. The second kappa shape index (κ2) is 6.95. The van der Waals surface area contributed by atoms with Gasteiger partial charge >= 0.3 is 0 Å². The van der Waals surface area contributed by atoms with Crippen LogP contribution in [-0.4, -0.2) is 6.54 Å². The van der Waals surface area contributed by atoms with Crippen molar-refractivity contribution in [2.24, 2.45) is 5.73 Å². The Morgan fingerprint density at radius 2 is 2.05 bits per heavy atom. The van der Waals surface area contributed by atoms with Crippen molar-refractivity contribution in [3.05, 3.63) is 64.4 Å². The van der Waals surface area contributed by atoms with Gasteiger partial charge in [0, 0.05) is 16.1 Å². The molecule has 0 atom stereocenters. The van der Waals surface area contributed by atoms with Crippen molar-refractivity contribution in [1.82, 2.24) is 0 Å². The Bertz CT molecular complexity index is 661. The molecule has 0 amide bonds. The third kappa shape index (κ3) is 3.99. The minimum atomic E-state index is -0.351. The topological polar surface area (TPSA) is 35.2 Å². The number of nitrogens with two attached hydrogens (primary N) is 1. The van der Waals surface area contributed by atoms with Crippen LogP contribution in [0.15, 0.2) is 42.5 Å². The molecule has 2 aromatic carbocycles. The molecule has 0 aliphatic carbocycles. The van der Waals surface area contributed by atoms with Crippen molar-refractivity contribution in [3.8, 4) is 17.6 Å². The van der Waals surface area contributed by atoms with Gasteiger partial charge in [-0.3, -0.25) is 0 Å². The smallest absolute Gasteiger partial charge is 0.131 e. The number of benzene rings is 2. The molecule has 2 N–H and O–H groups in total. The Balaban J connectivity index is 2.06. The summed E-state index contributed by atoms with van der Waals surface area (Å²) in [4.78, 5) is 0. The van der Waals surface area contributed by atoms with E-state index < -0.39 is 0 Å². The molecule has 0 aliphatic rings. The lowest BCUT2D eigenvalue weighted by Crippen LogP contribution is -1.99. The molecule has 0 radical (unpaired) electrons. The molecule has 0 saturated heterocycles. The summed E-state index contributed by atoms with van der Waals surface area (Å²) in [7, 11) is 0. The second-order valence-electron chi connectivity index (χ2n) is 4.06. The van der Waals surface area contributed by atoms with Gasteiger partial charge in [0.15, 0.2) is 0 Å². The van der Waals surface area contributed by atoms with Crippen LogP contribution in [0.4, 0.5) is 4.39 Å². The first-order chi connectivity index (χ1) is 9.69. The predicted octanol–water partition coefficient (Wildman–Crippen LogP) is 3.37. The number of rotatable bonds is 3. The molecule has 0 unspecified atom stereocenters. The molecular weight excluding hydrogens is 277 g/mol. The van der Waals surface area contributed by atoms with Crippen LogP contribution in [0.5, 0.6) is 5.75 Å². The van der Waals surface area contributed by atoms with E-state index in [1.807, 2.05) is 0 Å². The van der Waals surface area contributed by atoms with Crippen molar-refractivity contribution in [1.29, 1.82) is 0 Å². The number of hydrogen-bond acceptors (Lipinski definition) is 2. The molecular formula is C16H13ClFNO. The van der Waals surface area contributed by atoms with E-state index in [-0.39, 0.29) is 19.0 Å². The van der Waals surface area contributed by atoms with Gasteiger partial charge in [0.25, 0.3) is 0 Å². The molecule has 0 bridgehead atoms. The minimum absolute atomic E-state index is 0.136. The van der Waals surface area contributed by atoms with Crippen molar-refractivity contribution in [2.75, 3.05) is 6.54 Å². The molecule has 20 heavy (non-hydrogen) atoms. The van der Waals surface area contributed by atoms with E-state index in [0.29, 0.717) is 21.9 Å². The summed E-state index contributed by atoms with van der Waals surface area (Å²) in [6, 6.07) is 11.7. The van der Waals surface area contributed by atoms with Crippen LogP contribution in [0.2, 0.25) is 5.02 Å². The first-order valence-corrected chi connectivity index (χ1v) is 6.42. The normalized spacial score (nSPS) is 9.75. The maximum absolute atomic E-state index is 13.9. The summed E-state index contributed by atoms with van der Waals surface area (Å²) in [5.41, 5.74) is 6.33. The van der Waals surface area contributed by atoms with Crippen LogP contribution in [0.1, 0.15) is 11.1 Å². The first-order valence-electron chi connectivity index (χ1n) is 6.05. The maximum atomic E-state index is 13.9. The zero-order valence-electron chi connectivity index (χ0n) is 10.7. The van der Waals surface area contributed by atoms with Gasteiger partial charge in [-0.1, -0.05) is 35.6 Å². The largest absolute Gasteiger partial charge is 0.489 e. The van der Waals surface area contributed by atoms with E-state index in [1.165, 1.54) is 6.07 Å². The zero-order chi connectivity index (χ0) is 14.4. The minimum Gasteiger partial charge on any atom is -0.489 e. The molecule has 2 aromatic rings. The van der Waals surface area contributed by atoms with E-state index in [0.717, 1.165) is 0 Å². The van der Waals surface area contributed by atoms with Gasteiger partial charge in [0.05, 0.1) is 6.54 Å². The highest BCUT2D eigenvalue weighted by molar-refractivity contribution is 6.30. The molecule has 0 fully saturated rings. The molecule has 2 rings (SSSR count). The van der Waals surface area contributed by atoms with Gasteiger partial charge < -0.3 is 10.5 Å². The molecule has 2 nitrogen and oxygen atoms in total. The van der Waals surface area contributed by atoms with Crippen LogP contribution in [0.3, 0.4) is 0 Å². The Labute approximate surface area is 122 Å². The average Bonchev–Trinajstić information content (AvgIpc) is 2.44. The van der Waals surface area contributed by atoms with E-state index in [4.69, 9.17) is 22.1 Å². The maximum Gasteiger partial charge on any atom is 0.131 e. The Morgan fingerprint density at radius 3 is 2.75 bits per heavy atom. The van der Waals surface area contributed by atoms with Crippen LogP contribution in [0, 0.1) is 17.7 Å². The Hall–Kier alpha value is -2.02. The molecule has 0 spiro atoms. The predicted molar refractivity (Wildman–Crippen MR) is 78.1 cm³/mol. The lowest BCUT2D eigenvalue weighted by Gasteiger charge is -2.07. The van der Waals surface area contributed by atoms with Gasteiger partial charge in [-0.05, 0) is 30.3 Å². The van der Waals surface area contributed by atoms with E-state index in [2.05, 4.69) is 11.8 Å². The van der Waals surface area contributed by atoms with Crippen LogP contribution in [0.25, 0.3) is 0 Å².